The molecular formula is C18H24N2O. The zero-order valence-corrected chi connectivity index (χ0v) is 12.6. The predicted octanol–water partition coefficient (Wildman–Crippen LogP) is 2.54. The van der Waals surface area contributed by atoms with Crippen molar-refractivity contribution in [3.05, 3.63) is 48.6 Å². The first kappa shape index (κ1) is 14.3. The number of amides is 1. The highest BCUT2D eigenvalue weighted by molar-refractivity contribution is 5.79. The van der Waals surface area contributed by atoms with Crippen LogP contribution in [0.2, 0.25) is 0 Å². The summed E-state index contributed by atoms with van der Waals surface area (Å²) >= 11 is 0. The summed E-state index contributed by atoms with van der Waals surface area (Å²) in [6.45, 7) is 8.89. The lowest BCUT2D eigenvalue weighted by atomic mass is 10.1. The van der Waals surface area contributed by atoms with Crippen molar-refractivity contribution in [2.45, 2.75) is 19.4 Å². The lowest BCUT2D eigenvalue weighted by Crippen LogP contribution is -2.32. The molecule has 3 nitrogen and oxygen atoms in total. The van der Waals surface area contributed by atoms with Crippen molar-refractivity contribution in [3.8, 4) is 0 Å². The van der Waals surface area contributed by atoms with Gasteiger partial charge in [-0.15, -0.1) is 6.58 Å². The van der Waals surface area contributed by atoms with Gasteiger partial charge in [-0.25, -0.2) is 0 Å². The minimum Gasteiger partial charge on any atom is -0.342 e. The van der Waals surface area contributed by atoms with E-state index in [1.807, 2.05) is 11.0 Å². The largest absolute Gasteiger partial charge is 0.342 e. The average Bonchev–Trinajstić information content (AvgIpc) is 3.08. The van der Waals surface area contributed by atoms with Crippen LogP contribution in [0.1, 0.15) is 18.4 Å². The van der Waals surface area contributed by atoms with E-state index in [-0.39, 0.29) is 0 Å². The van der Waals surface area contributed by atoms with Gasteiger partial charge in [-0.2, -0.15) is 0 Å². The fourth-order valence-corrected chi connectivity index (χ4v) is 3.50. The van der Waals surface area contributed by atoms with Gasteiger partial charge in [0.2, 0.25) is 5.91 Å². The second-order valence-corrected chi connectivity index (χ2v) is 6.37. The van der Waals surface area contributed by atoms with Crippen LogP contribution < -0.4 is 0 Å². The van der Waals surface area contributed by atoms with E-state index in [0.29, 0.717) is 24.2 Å². The molecule has 21 heavy (non-hydrogen) atoms. The van der Waals surface area contributed by atoms with Gasteiger partial charge in [0.15, 0.2) is 0 Å². The summed E-state index contributed by atoms with van der Waals surface area (Å²) < 4.78 is 0. The molecule has 0 radical (unpaired) electrons. The summed E-state index contributed by atoms with van der Waals surface area (Å²) in [5.41, 5.74) is 1.38. The van der Waals surface area contributed by atoms with E-state index in [4.69, 9.17) is 0 Å². The number of nitrogens with zero attached hydrogens (tertiary/aromatic N) is 2. The number of hydrogen-bond acceptors (Lipinski definition) is 2. The molecule has 0 N–H and O–H groups in total. The van der Waals surface area contributed by atoms with Crippen LogP contribution in [-0.4, -0.2) is 41.9 Å². The summed E-state index contributed by atoms with van der Waals surface area (Å²) in [7, 11) is 0. The zero-order valence-electron chi connectivity index (χ0n) is 12.6. The van der Waals surface area contributed by atoms with Crippen LogP contribution in [0.15, 0.2) is 43.0 Å². The molecule has 0 saturated carbocycles. The highest BCUT2D eigenvalue weighted by atomic mass is 16.2. The quantitative estimate of drug-likeness (QED) is 0.776. The first-order valence-electron chi connectivity index (χ1n) is 7.91. The van der Waals surface area contributed by atoms with E-state index in [0.717, 1.165) is 32.7 Å². The summed E-state index contributed by atoms with van der Waals surface area (Å²) in [6.07, 6.45) is 3.79. The van der Waals surface area contributed by atoms with Gasteiger partial charge in [0.25, 0.3) is 0 Å². The van der Waals surface area contributed by atoms with Crippen LogP contribution in [0.5, 0.6) is 0 Å². The number of benzene rings is 1. The van der Waals surface area contributed by atoms with Crippen molar-refractivity contribution < 1.29 is 4.79 Å². The Morgan fingerprint density at radius 3 is 2.76 bits per heavy atom. The molecule has 2 unspecified atom stereocenters. The Bertz CT molecular complexity index is 499. The highest BCUT2D eigenvalue weighted by Crippen LogP contribution is 2.24. The number of carbonyl (C=O) groups excluding carboxylic acids is 1. The molecule has 2 heterocycles. The minimum absolute atomic E-state index is 0.307. The molecule has 0 spiro atoms. The molecule has 112 valence electrons. The van der Waals surface area contributed by atoms with Crippen molar-refractivity contribution in [1.29, 1.82) is 0 Å². The van der Waals surface area contributed by atoms with Crippen LogP contribution in [0.25, 0.3) is 0 Å². The maximum absolute atomic E-state index is 12.0. The molecule has 2 atom stereocenters. The molecule has 0 bridgehead atoms. The monoisotopic (exact) mass is 284 g/mol. The van der Waals surface area contributed by atoms with Crippen molar-refractivity contribution >= 4 is 5.91 Å². The Kier molecular flexibility index (Phi) is 4.39. The minimum atomic E-state index is 0.307. The fourth-order valence-electron chi connectivity index (χ4n) is 3.50. The van der Waals surface area contributed by atoms with Crippen molar-refractivity contribution in [2.24, 2.45) is 11.8 Å². The Labute approximate surface area is 127 Å². The first-order valence-corrected chi connectivity index (χ1v) is 7.91. The lowest BCUT2D eigenvalue weighted by Gasteiger charge is -2.21. The third-order valence-corrected chi connectivity index (χ3v) is 4.68. The molecule has 1 aromatic rings. The van der Waals surface area contributed by atoms with E-state index in [1.54, 1.807) is 0 Å². The summed E-state index contributed by atoms with van der Waals surface area (Å²) in [6, 6.07) is 10.6. The van der Waals surface area contributed by atoms with Crippen LogP contribution >= 0.6 is 0 Å². The molecular weight excluding hydrogens is 260 g/mol. The van der Waals surface area contributed by atoms with Gasteiger partial charge in [-0.3, -0.25) is 9.69 Å². The topological polar surface area (TPSA) is 23.6 Å². The Hall–Kier alpha value is -1.61. The van der Waals surface area contributed by atoms with Gasteiger partial charge in [0.05, 0.1) is 0 Å². The molecule has 1 aromatic carbocycles. The van der Waals surface area contributed by atoms with E-state index in [2.05, 4.69) is 41.8 Å². The van der Waals surface area contributed by atoms with Gasteiger partial charge < -0.3 is 4.90 Å². The summed E-state index contributed by atoms with van der Waals surface area (Å²) in [4.78, 5) is 16.5. The third-order valence-electron chi connectivity index (χ3n) is 4.68. The van der Waals surface area contributed by atoms with Crippen molar-refractivity contribution in [1.82, 2.24) is 9.80 Å². The number of rotatable bonds is 5. The zero-order chi connectivity index (χ0) is 14.7. The Morgan fingerprint density at radius 2 is 2.05 bits per heavy atom. The van der Waals surface area contributed by atoms with Gasteiger partial charge in [0, 0.05) is 38.5 Å². The number of hydrogen-bond donors (Lipinski definition) is 0. The van der Waals surface area contributed by atoms with E-state index < -0.39 is 0 Å². The predicted molar refractivity (Wildman–Crippen MR) is 84.7 cm³/mol. The van der Waals surface area contributed by atoms with E-state index >= 15 is 0 Å². The molecule has 2 aliphatic heterocycles. The van der Waals surface area contributed by atoms with Crippen LogP contribution in [0.4, 0.5) is 0 Å². The van der Waals surface area contributed by atoms with Crippen molar-refractivity contribution in [2.75, 3.05) is 26.2 Å². The average molecular weight is 284 g/mol. The Morgan fingerprint density at radius 1 is 1.24 bits per heavy atom. The Balaban J connectivity index is 1.49. The molecule has 2 aliphatic rings. The normalized spacial score (nSPS) is 26.5. The SMILES string of the molecule is C=CC1CC(=O)N(CC2CCN(Cc3ccccc3)C2)C1. The van der Waals surface area contributed by atoms with Gasteiger partial charge in [-0.05, 0) is 24.4 Å². The molecule has 2 saturated heterocycles. The maximum atomic E-state index is 12.0. The lowest BCUT2D eigenvalue weighted by molar-refractivity contribution is -0.128. The third kappa shape index (κ3) is 3.53. The number of carbonyl (C=O) groups is 1. The maximum Gasteiger partial charge on any atom is 0.223 e. The highest BCUT2D eigenvalue weighted by Gasteiger charge is 2.31. The van der Waals surface area contributed by atoms with Gasteiger partial charge in [0.1, 0.15) is 0 Å². The number of likely N-dealkylation sites (tertiary alicyclic amines) is 2. The van der Waals surface area contributed by atoms with Gasteiger partial charge in [-0.1, -0.05) is 36.4 Å². The molecule has 2 fully saturated rings. The van der Waals surface area contributed by atoms with E-state index in [9.17, 15) is 4.79 Å². The second kappa shape index (κ2) is 6.44. The van der Waals surface area contributed by atoms with Gasteiger partial charge >= 0.3 is 0 Å². The van der Waals surface area contributed by atoms with Crippen LogP contribution in [0.3, 0.4) is 0 Å². The molecule has 1 amide bonds. The first-order chi connectivity index (χ1) is 10.2. The fraction of sp³-hybridized carbons (Fsp3) is 0.500. The van der Waals surface area contributed by atoms with E-state index in [1.165, 1.54) is 12.0 Å². The summed E-state index contributed by atoms with van der Waals surface area (Å²) in [5.74, 6) is 1.29. The molecule has 3 rings (SSSR count). The van der Waals surface area contributed by atoms with Crippen LogP contribution in [-0.2, 0) is 11.3 Å². The molecule has 3 heteroatoms. The summed E-state index contributed by atoms with van der Waals surface area (Å²) in [5, 5.41) is 0. The van der Waals surface area contributed by atoms with Crippen LogP contribution in [0, 0.1) is 11.8 Å². The molecule has 0 aromatic heterocycles. The molecule has 0 aliphatic carbocycles. The standard InChI is InChI=1S/C18H24N2O/c1-2-15-10-18(21)20(13-15)14-17-8-9-19(12-17)11-16-6-4-3-5-7-16/h2-7,15,17H,1,8-14H2. The smallest absolute Gasteiger partial charge is 0.223 e. The van der Waals surface area contributed by atoms with Crippen molar-refractivity contribution in [3.63, 3.8) is 0 Å². The second-order valence-electron chi connectivity index (χ2n) is 6.37.